The molecule has 0 spiro atoms. The second-order valence-corrected chi connectivity index (χ2v) is 9.49. The number of ether oxygens (including phenoxy) is 1. The number of nitrogens with zero attached hydrogens (tertiary/aromatic N) is 1. The minimum atomic E-state index is -1.11. The number of hydrogen-bond donors (Lipinski definition) is 2. The second kappa shape index (κ2) is 11.4. The molecule has 0 bridgehead atoms. The first-order valence-electron chi connectivity index (χ1n) is 11.3. The number of carboxylic acid groups (broad SMARTS) is 1. The summed E-state index contributed by atoms with van der Waals surface area (Å²) in [5.74, 6) is 0.531. The summed E-state index contributed by atoms with van der Waals surface area (Å²) in [6.07, 6.45) is 5.14. The normalized spacial score (nSPS) is 17.1. The molecular weight excluding hydrogens is 446 g/mol. The summed E-state index contributed by atoms with van der Waals surface area (Å²) in [4.78, 5) is 14.3. The Labute approximate surface area is 201 Å². The summed E-state index contributed by atoms with van der Waals surface area (Å²) < 4.78 is 5.85. The molecule has 5 nitrogen and oxygen atoms in total. The quantitative estimate of drug-likeness (QED) is 0.372. The zero-order valence-electron chi connectivity index (χ0n) is 18.5. The molecule has 3 N–H and O–H groups in total. The van der Waals surface area contributed by atoms with Gasteiger partial charge in [-0.15, -0.1) is 0 Å². The SMILES string of the molecule is BCCCCC(N)(C(=O)O)C1CCN(Cc2ccc(Oc3ccc(Cl)c(Cl)c3)cc2)CC1. The highest BCUT2D eigenvalue weighted by atomic mass is 35.5. The van der Waals surface area contributed by atoms with Gasteiger partial charge < -0.3 is 15.6 Å². The van der Waals surface area contributed by atoms with Crippen molar-refractivity contribution < 1.29 is 14.6 Å². The highest BCUT2D eigenvalue weighted by molar-refractivity contribution is 6.42. The number of hydrogen-bond acceptors (Lipinski definition) is 4. The van der Waals surface area contributed by atoms with E-state index in [0.717, 1.165) is 57.4 Å². The number of rotatable bonds is 10. The van der Waals surface area contributed by atoms with E-state index in [-0.39, 0.29) is 5.92 Å². The number of carbonyl (C=O) groups is 1. The number of nitrogens with two attached hydrogens (primary N) is 1. The number of carboxylic acids is 1. The van der Waals surface area contributed by atoms with Gasteiger partial charge in [0.05, 0.1) is 10.0 Å². The first-order valence-corrected chi connectivity index (χ1v) is 12.0. The van der Waals surface area contributed by atoms with Crippen LogP contribution in [-0.4, -0.2) is 42.5 Å². The second-order valence-electron chi connectivity index (χ2n) is 8.67. The van der Waals surface area contributed by atoms with Crippen molar-refractivity contribution in [2.24, 2.45) is 11.7 Å². The summed E-state index contributed by atoms with van der Waals surface area (Å²) in [7, 11) is 2.11. The lowest BCUT2D eigenvalue weighted by Gasteiger charge is -2.40. The van der Waals surface area contributed by atoms with Gasteiger partial charge in [0.1, 0.15) is 24.9 Å². The maximum atomic E-state index is 11.9. The molecule has 32 heavy (non-hydrogen) atoms. The van der Waals surface area contributed by atoms with Gasteiger partial charge in [-0.1, -0.05) is 54.5 Å². The van der Waals surface area contributed by atoms with Crippen LogP contribution in [0.1, 0.15) is 37.7 Å². The molecule has 1 fully saturated rings. The van der Waals surface area contributed by atoms with E-state index in [1.165, 1.54) is 5.56 Å². The Morgan fingerprint density at radius 1 is 1.09 bits per heavy atom. The molecule has 1 aliphatic rings. The van der Waals surface area contributed by atoms with Crippen LogP contribution < -0.4 is 10.5 Å². The van der Waals surface area contributed by atoms with Crippen LogP contribution in [0, 0.1) is 5.92 Å². The first kappa shape index (κ1) is 24.9. The van der Waals surface area contributed by atoms with Crippen molar-refractivity contribution in [3.05, 3.63) is 58.1 Å². The van der Waals surface area contributed by atoms with Crippen molar-refractivity contribution in [2.75, 3.05) is 13.1 Å². The maximum Gasteiger partial charge on any atom is 0.323 e. The van der Waals surface area contributed by atoms with E-state index in [4.69, 9.17) is 33.7 Å². The molecule has 1 heterocycles. The smallest absolute Gasteiger partial charge is 0.323 e. The Hall–Kier alpha value is -1.73. The molecular formula is C24H31BCl2N2O3. The van der Waals surface area contributed by atoms with E-state index >= 15 is 0 Å². The molecule has 0 aliphatic carbocycles. The van der Waals surface area contributed by atoms with Crippen molar-refractivity contribution in [3.8, 4) is 11.5 Å². The molecule has 3 rings (SSSR count). The summed E-state index contributed by atoms with van der Waals surface area (Å²) >= 11 is 12.0. The Kier molecular flexibility index (Phi) is 8.89. The van der Waals surface area contributed by atoms with Crippen LogP contribution in [0.2, 0.25) is 16.4 Å². The van der Waals surface area contributed by atoms with Crippen molar-refractivity contribution in [2.45, 2.75) is 50.5 Å². The fourth-order valence-corrected chi connectivity index (χ4v) is 4.65. The van der Waals surface area contributed by atoms with Crippen molar-refractivity contribution >= 4 is 37.0 Å². The van der Waals surface area contributed by atoms with Crippen LogP contribution in [0.3, 0.4) is 0 Å². The largest absolute Gasteiger partial charge is 0.480 e. The summed E-state index contributed by atoms with van der Waals surface area (Å²) in [6.45, 7) is 2.53. The zero-order chi connectivity index (χ0) is 23.1. The Morgan fingerprint density at radius 3 is 2.34 bits per heavy atom. The van der Waals surface area contributed by atoms with Crippen molar-refractivity contribution in [1.29, 1.82) is 0 Å². The molecule has 0 saturated carbocycles. The average Bonchev–Trinajstić information content (AvgIpc) is 2.78. The van der Waals surface area contributed by atoms with Gasteiger partial charge in [-0.3, -0.25) is 9.69 Å². The standard InChI is InChI=1S/C24H31BCl2N2O3/c25-12-2-1-11-24(28,23(30)31)18-9-13-29(14-10-18)16-17-3-5-19(6-4-17)32-20-7-8-21(26)22(27)15-20/h3-8,15,18H,1-2,9-14,16,25,28H2,(H,30,31). The molecule has 1 saturated heterocycles. The number of piperidine rings is 1. The van der Waals surface area contributed by atoms with Crippen LogP contribution in [0.15, 0.2) is 42.5 Å². The molecule has 1 aliphatic heterocycles. The average molecular weight is 477 g/mol. The minimum absolute atomic E-state index is 0.0232. The number of unbranched alkanes of at least 4 members (excludes halogenated alkanes) is 1. The van der Waals surface area contributed by atoms with Crippen LogP contribution in [0.4, 0.5) is 0 Å². The number of benzene rings is 2. The highest BCUT2D eigenvalue weighted by Gasteiger charge is 2.42. The van der Waals surface area contributed by atoms with E-state index in [0.29, 0.717) is 22.2 Å². The summed E-state index contributed by atoms with van der Waals surface area (Å²) in [5, 5.41) is 10.7. The lowest BCUT2D eigenvalue weighted by Crippen LogP contribution is -2.56. The van der Waals surface area contributed by atoms with E-state index in [9.17, 15) is 9.90 Å². The predicted octanol–water partition coefficient (Wildman–Crippen LogP) is 5.00. The molecule has 172 valence electrons. The van der Waals surface area contributed by atoms with Crippen LogP contribution >= 0.6 is 23.2 Å². The Bertz CT molecular complexity index is 905. The minimum Gasteiger partial charge on any atom is -0.480 e. The van der Waals surface area contributed by atoms with Crippen LogP contribution in [0.5, 0.6) is 11.5 Å². The molecule has 0 aromatic heterocycles. The lowest BCUT2D eigenvalue weighted by molar-refractivity contribution is -0.147. The highest BCUT2D eigenvalue weighted by Crippen LogP contribution is 2.32. The molecule has 2 aromatic carbocycles. The van der Waals surface area contributed by atoms with Crippen molar-refractivity contribution in [3.63, 3.8) is 0 Å². The van der Waals surface area contributed by atoms with E-state index in [1.807, 2.05) is 24.3 Å². The monoisotopic (exact) mass is 476 g/mol. The Balaban J connectivity index is 1.52. The predicted molar refractivity (Wildman–Crippen MR) is 133 cm³/mol. The molecule has 1 atom stereocenters. The third-order valence-corrected chi connectivity index (χ3v) is 7.10. The molecule has 0 amide bonds. The van der Waals surface area contributed by atoms with Gasteiger partial charge in [-0.2, -0.15) is 0 Å². The molecule has 8 heteroatoms. The zero-order valence-corrected chi connectivity index (χ0v) is 20.0. The van der Waals surface area contributed by atoms with Gasteiger partial charge in [-0.05, 0) is 68.1 Å². The van der Waals surface area contributed by atoms with Gasteiger partial charge in [-0.25, -0.2) is 0 Å². The van der Waals surface area contributed by atoms with Gasteiger partial charge in [0.15, 0.2) is 0 Å². The molecule has 0 radical (unpaired) electrons. The van der Waals surface area contributed by atoms with Crippen molar-refractivity contribution in [1.82, 2.24) is 4.90 Å². The fraction of sp³-hybridized carbons (Fsp3) is 0.458. The number of likely N-dealkylation sites (tertiary alicyclic amines) is 1. The van der Waals surface area contributed by atoms with Gasteiger partial charge >= 0.3 is 5.97 Å². The Morgan fingerprint density at radius 2 is 1.75 bits per heavy atom. The molecule has 2 aromatic rings. The van der Waals surface area contributed by atoms with E-state index < -0.39 is 11.5 Å². The summed E-state index contributed by atoms with van der Waals surface area (Å²) in [5.41, 5.74) is 6.48. The van der Waals surface area contributed by atoms with E-state index in [2.05, 4.69) is 12.7 Å². The van der Waals surface area contributed by atoms with Gasteiger partial charge in [0, 0.05) is 12.6 Å². The third-order valence-electron chi connectivity index (χ3n) is 6.36. The van der Waals surface area contributed by atoms with Gasteiger partial charge in [0.2, 0.25) is 0 Å². The lowest BCUT2D eigenvalue weighted by atomic mass is 9.75. The fourth-order valence-electron chi connectivity index (χ4n) is 4.36. The number of aliphatic carboxylic acids is 1. The maximum absolute atomic E-state index is 11.9. The number of halogens is 2. The van der Waals surface area contributed by atoms with E-state index in [1.54, 1.807) is 18.2 Å². The summed E-state index contributed by atoms with van der Waals surface area (Å²) in [6, 6.07) is 13.2. The molecule has 1 unspecified atom stereocenters. The van der Waals surface area contributed by atoms with Crippen LogP contribution in [0.25, 0.3) is 0 Å². The third kappa shape index (κ3) is 6.41. The topological polar surface area (TPSA) is 75.8 Å². The van der Waals surface area contributed by atoms with Crippen LogP contribution in [-0.2, 0) is 11.3 Å². The van der Waals surface area contributed by atoms with Gasteiger partial charge in [0.25, 0.3) is 0 Å². The first-order chi connectivity index (χ1) is 15.3.